The molecule has 2 unspecified atom stereocenters. The van der Waals surface area contributed by atoms with Crippen molar-refractivity contribution in [2.24, 2.45) is 0 Å². The summed E-state index contributed by atoms with van der Waals surface area (Å²) in [5.41, 5.74) is 2.86. The Kier molecular flexibility index (Phi) is 6.69. The van der Waals surface area contributed by atoms with Crippen LogP contribution in [0.2, 0.25) is 0 Å². The quantitative estimate of drug-likeness (QED) is 0.755. The van der Waals surface area contributed by atoms with Crippen LogP contribution in [0.3, 0.4) is 0 Å². The molecule has 1 N–H and O–H groups in total. The van der Waals surface area contributed by atoms with Crippen LogP contribution in [-0.2, 0) is 14.3 Å². The fourth-order valence-electron chi connectivity index (χ4n) is 2.66. The summed E-state index contributed by atoms with van der Waals surface area (Å²) in [5.74, 6) is -0.137. The maximum atomic E-state index is 12.4. The van der Waals surface area contributed by atoms with Gasteiger partial charge in [0.1, 0.15) is 6.10 Å². The van der Waals surface area contributed by atoms with Crippen LogP contribution in [0.15, 0.2) is 32.8 Å². The van der Waals surface area contributed by atoms with Gasteiger partial charge in [0, 0.05) is 28.3 Å². The summed E-state index contributed by atoms with van der Waals surface area (Å²) in [6.07, 6.45) is 1.69. The van der Waals surface area contributed by atoms with Crippen molar-refractivity contribution in [3.05, 3.63) is 34.8 Å². The fourth-order valence-corrected chi connectivity index (χ4v) is 4.57. The van der Waals surface area contributed by atoms with E-state index in [4.69, 9.17) is 9.47 Å². The normalized spacial score (nSPS) is 18.0. The molecule has 2 aromatic rings. The number of thiazole rings is 1. The van der Waals surface area contributed by atoms with E-state index >= 15 is 0 Å². The van der Waals surface area contributed by atoms with Gasteiger partial charge in [0.05, 0.1) is 12.7 Å². The van der Waals surface area contributed by atoms with Gasteiger partial charge in [-0.1, -0.05) is 11.8 Å². The molecule has 2 heterocycles. The minimum atomic E-state index is -0.508. The molecule has 1 saturated heterocycles. The van der Waals surface area contributed by atoms with Crippen molar-refractivity contribution in [3.8, 4) is 0 Å². The van der Waals surface area contributed by atoms with Gasteiger partial charge in [0.15, 0.2) is 4.34 Å². The smallest absolute Gasteiger partial charge is 0.253 e. The molecule has 0 spiro atoms. The largest absolute Gasteiger partial charge is 0.376 e. The molecule has 7 heteroatoms. The number of benzene rings is 1. The number of aromatic nitrogens is 1. The van der Waals surface area contributed by atoms with Crippen molar-refractivity contribution in [2.75, 3.05) is 18.5 Å². The average molecular weight is 393 g/mol. The number of carbonyl (C=O) groups is 1. The van der Waals surface area contributed by atoms with Crippen molar-refractivity contribution in [1.29, 1.82) is 0 Å². The summed E-state index contributed by atoms with van der Waals surface area (Å²) in [5, 5.41) is 5.00. The number of carbonyl (C=O) groups excluding carboxylic acids is 1. The molecule has 0 radical (unpaired) electrons. The molecule has 0 aliphatic carbocycles. The van der Waals surface area contributed by atoms with Crippen LogP contribution >= 0.6 is 23.1 Å². The first-order valence-electron chi connectivity index (χ1n) is 8.76. The second-order valence-electron chi connectivity index (χ2n) is 6.43. The number of nitrogens with zero attached hydrogens (tertiary/aromatic N) is 1. The van der Waals surface area contributed by atoms with E-state index < -0.39 is 6.10 Å². The van der Waals surface area contributed by atoms with Gasteiger partial charge in [0.25, 0.3) is 5.91 Å². The van der Waals surface area contributed by atoms with Gasteiger partial charge >= 0.3 is 0 Å². The third-order valence-corrected chi connectivity index (χ3v) is 6.23. The van der Waals surface area contributed by atoms with Crippen molar-refractivity contribution in [2.45, 2.75) is 55.1 Å². The number of rotatable bonds is 7. The first kappa shape index (κ1) is 19.4. The Morgan fingerprint density at radius 1 is 1.50 bits per heavy atom. The Labute approximate surface area is 162 Å². The van der Waals surface area contributed by atoms with E-state index in [0.717, 1.165) is 45.6 Å². The van der Waals surface area contributed by atoms with Crippen molar-refractivity contribution in [1.82, 2.24) is 4.98 Å². The third-order valence-electron chi connectivity index (χ3n) is 4.18. The summed E-state index contributed by atoms with van der Waals surface area (Å²) in [6.45, 7) is 7.01. The zero-order valence-electron chi connectivity index (χ0n) is 15.3. The fraction of sp³-hybridized carbons (Fsp3) is 0.474. The predicted octanol–water partition coefficient (Wildman–Crippen LogP) is 4.43. The molecule has 1 aliphatic rings. The Morgan fingerprint density at radius 3 is 3.00 bits per heavy atom. The van der Waals surface area contributed by atoms with Crippen molar-refractivity contribution in [3.63, 3.8) is 0 Å². The Balaban J connectivity index is 1.54. The summed E-state index contributed by atoms with van der Waals surface area (Å²) >= 11 is 3.27. The number of anilines is 1. The second-order valence-corrected chi connectivity index (χ2v) is 8.61. The second kappa shape index (κ2) is 8.99. The van der Waals surface area contributed by atoms with Gasteiger partial charge in [0.2, 0.25) is 0 Å². The highest BCUT2D eigenvalue weighted by atomic mass is 32.2. The van der Waals surface area contributed by atoms with Gasteiger partial charge in [-0.2, -0.15) is 0 Å². The van der Waals surface area contributed by atoms with Gasteiger partial charge in [-0.05, 0) is 57.4 Å². The molecule has 5 nitrogen and oxygen atoms in total. The predicted molar refractivity (Wildman–Crippen MR) is 105 cm³/mol. The minimum absolute atomic E-state index is 0.123. The lowest BCUT2D eigenvalue weighted by Crippen LogP contribution is -2.30. The van der Waals surface area contributed by atoms with Crippen LogP contribution in [0.1, 0.15) is 31.0 Å². The lowest BCUT2D eigenvalue weighted by molar-refractivity contribution is -0.128. The molecule has 1 aliphatic heterocycles. The average Bonchev–Trinajstić information content (AvgIpc) is 3.26. The third kappa shape index (κ3) is 5.30. The lowest BCUT2D eigenvalue weighted by Gasteiger charge is -2.17. The molecule has 3 rings (SSSR count). The first-order valence-corrected chi connectivity index (χ1v) is 10.5. The van der Waals surface area contributed by atoms with Crippen LogP contribution in [0.4, 0.5) is 5.69 Å². The van der Waals surface area contributed by atoms with E-state index in [-0.39, 0.29) is 12.0 Å². The van der Waals surface area contributed by atoms with Gasteiger partial charge in [-0.25, -0.2) is 4.98 Å². The summed E-state index contributed by atoms with van der Waals surface area (Å²) in [4.78, 5) is 17.9. The van der Waals surface area contributed by atoms with Crippen molar-refractivity contribution < 1.29 is 14.3 Å². The SMILES string of the molecule is Cc1csc(Sc2ccc(NC(=O)C(C)OCC3CCCO3)c(C)c2)n1. The van der Waals surface area contributed by atoms with E-state index in [1.54, 1.807) is 30.0 Å². The number of hydrogen-bond acceptors (Lipinski definition) is 6. The molecular weight excluding hydrogens is 368 g/mol. The lowest BCUT2D eigenvalue weighted by atomic mass is 10.2. The highest BCUT2D eigenvalue weighted by Crippen LogP contribution is 2.32. The summed E-state index contributed by atoms with van der Waals surface area (Å²) < 4.78 is 12.2. The van der Waals surface area contributed by atoms with E-state index in [9.17, 15) is 4.79 Å². The van der Waals surface area contributed by atoms with Crippen LogP contribution in [0.5, 0.6) is 0 Å². The maximum Gasteiger partial charge on any atom is 0.253 e. The Morgan fingerprint density at radius 2 is 2.35 bits per heavy atom. The van der Waals surface area contributed by atoms with Crippen LogP contribution in [0.25, 0.3) is 0 Å². The van der Waals surface area contributed by atoms with Gasteiger partial charge in [-0.3, -0.25) is 4.79 Å². The molecule has 26 heavy (non-hydrogen) atoms. The van der Waals surface area contributed by atoms with E-state index in [1.165, 1.54) is 0 Å². The van der Waals surface area contributed by atoms with E-state index in [0.29, 0.717) is 6.61 Å². The van der Waals surface area contributed by atoms with Crippen LogP contribution < -0.4 is 5.32 Å². The summed E-state index contributed by atoms with van der Waals surface area (Å²) in [7, 11) is 0. The molecule has 1 amide bonds. The molecule has 0 saturated carbocycles. The molecule has 1 aromatic heterocycles. The van der Waals surface area contributed by atoms with Crippen LogP contribution in [-0.4, -0.2) is 36.3 Å². The molecular formula is C19H24N2O3S2. The van der Waals surface area contributed by atoms with Gasteiger partial charge < -0.3 is 14.8 Å². The van der Waals surface area contributed by atoms with Crippen LogP contribution in [0, 0.1) is 13.8 Å². The highest BCUT2D eigenvalue weighted by molar-refractivity contribution is 8.01. The topological polar surface area (TPSA) is 60.5 Å². The zero-order valence-corrected chi connectivity index (χ0v) is 16.9. The maximum absolute atomic E-state index is 12.4. The number of hydrogen-bond donors (Lipinski definition) is 1. The molecule has 140 valence electrons. The molecule has 0 bridgehead atoms. The minimum Gasteiger partial charge on any atom is -0.376 e. The highest BCUT2D eigenvalue weighted by Gasteiger charge is 2.20. The number of aryl methyl sites for hydroxylation is 2. The number of ether oxygens (including phenoxy) is 2. The molecule has 2 atom stereocenters. The van der Waals surface area contributed by atoms with Gasteiger partial charge in [-0.15, -0.1) is 11.3 Å². The number of amides is 1. The first-order chi connectivity index (χ1) is 12.5. The molecule has 1 aromatic carbocycles. The molecule has 1 fully saturated rings. The monoisotopic (exact) mass is 392 g/mol. The Bertz CT molecular complexity index is 757. The number of nitrogens with one attached hydrogen (secondary N) is 1. The summed E-state index contributed by atoms with van der Waals surface area (Å²) in [6, 6.07) is 6.00. The van der Waals surface area contributed by atoms with E-state index in [1.807, 2.05) is 31.4 Å². The van der Waals surface area contributed by atoms with Crippen molar-refractivity contribution >= 4 is 34.7 Å². The zero-order chi connectivity index (χ0) is 18.5. The van der Waals surface area contributed by atoms with E-state index in [2.05, 4.69) is 16.4 Å². The Hall–Kier alpha value is -1.41. The standard InChI is InChI=1S/C19H24N2O3S2/c1-12-9-16(26-19-20-13(2)11-25-19)6-7-17(12)21-18(22)14(3)24-10-15-5-4-8-23-15/h6-7,9,11,14-15H,4-5,8,10H2,1-3H3,(H,21,22).